The first-order chi connectivity index (χ1) is 7.49. The van der Waals surface area contributed by atoms with E-state index in [4.69, 9.17) is 0 Å². The highest BCUT2D eigenvalue weighted by atomic mass is 15.2. The molecule has 0 bridgehead atoms. The molecular formula is C14H32N2. The Morgan fingerprint density at radius 1 is 1.06 bits per heavy atom. The monoisotopic (exact) mass is 228 g/mol. The fraction of sp³-hybridized carbons (Fsp3) is 1.00. The topological polar surface area (TPSA) is 15.3 Å². The summed E-state index contributed by atoms with van der Waals surface area (Å²) in [6.45, 7) is 18.3. The zero-order valence-electron chi connectivity index (χ0n) is 12.3. The third-order valence-corrected chi connectivity index (χ3v) is 3.39. The van der Waals surface area contributed by atoms with Crippen molar-refractivity contribution in [1.82, 2.24) is 10.2 Å². The van der Waals surface area contributed by atoms with E-state index < -0.39 is 0 Å². The summed E-state index contributed by atoms with van der Waals surface area (Å²) in [6.07, 6.45) is 2.60. The minimum Gasteiger partial charge on any atom is -0.311 e. The van der Waals surface area contributed by atoms with Crippen LogP contribution in [-0.2, 0) is 0 Å². The molecule has 1 N–H and O–H groups in total. The zero-order chi connectivity index (χ0) is 12.6. The predicted molar refractivity (Wildman–Crippen MR) is 73.9 cm³/mol. The van der Waals surface area contributed by atoms with Crippen LogP contribution in [0.1, 0.15) is 54.4 Å². The molecule has 16 heavy (non-hydrogen) atoms. The lowest BCUT2D eigenvalue weighted by molar-refractivity contribution is 0.179. The van der Waals surface area contributed by atoms with Crippen LogP contribution in [0.25, 0.3) is 0 Å². The molecule has 98 valence electrons. The van der Waals surface area contributed by atoms with E-state index in [0.717, 1.165) is 25.6 Å². The molecule has 0 aliphatic heterocycles. The van der Waals surface area contributed by atoms with Crippen LogP contribution in [0.3, 0.4) is 0 Å². The summed E-state index contributed by atoms with van der Waals surface area (Å²) < 4.78 is 0. The highest BCUT2D eigenvalue weighted by Crippen LogP contribution is 2.12. The molecule has 0 saturated heterocycles. The quantitative estimate of drug-likeness (QED) is 0.652. The van der Waals surface area contributed by atoms with Crippen LogP contribution in [0, 0.1) is 5.92 Å². The van der Waals surface area contributed by atoms with Gasteiger partial charge in [-0.25, -0.2) is 0 Å². The number of hydrogen-bond acceptors (Lipinski definition) is 2. The van der Waals surface area contributed by atoms with Gasteiger partial charge in [0.05, 0.1) is 0 Å². The lowest BCUT2D eigenvalue weighted by Crippen LogP contribution is -2.49. The SMILES string of the molecule is CCNC(C)(C)CN(CC)CC(CC)CC. The maximum Gasteiger partial charge on any atom is 0.0252 e. The van der Waals surface area contributed by atoms with Crippen molar-refractivity contribution < 1.29 is 0 Å². The van der Waals surface area contributed by atoms with Crippen molar-refractivity contribution >= 4 is 0 Å². The lowest BCUT2D eigenvalue weighted by Gasteiger charge is -2.34. The lowest BCUT2D eigenvalue weighted by atomic mass is 10.00. The standard InChI is InChI=1S/C14H32N2/c1-7-13(8-2)11-16(10-4)12-14(5,6)15-9-3/h13,15H,7-12H2,1-6H3. The minimum absolute atomic E-state index is 0.233. The van der Waals surface area contributed by atoms with E-state index in [9.17, 15) is 0 Å². The largest absolute Gasteiger partial charge is 0.311 e. The Morgan fingerprint density at radius 2 is 1.62 bits per heavy atom. The molecule has 0 heterocycles. The highest BCUT2D eigenvalue weighted by Gasteiger charge is 2.20. The van der Waals surface area contributed by atoms with Crippen LogP contribution in [-0.4, -0.2) is 36.6 Å². The molecule has 0 aliphatic carbocycles. The third-order valence-electron chi connectivity index (χ3n) is 3.39. The van der Waals surface area contributed by atoms with Gasteiger partial charge in [0.25, 0.3) is 0 Å². The molecule has 2 heteroatoms. The van der Waals surface area contributed by atoms with Crippen molar-refractivity contribution in [2.24, 2.45) is 5.92 Å². The molecule has 0 radical (unpaired) electrons. The smallest absolute Gasteiger partial charge is 0.0252 e. The molecule has 0 fully saturated rings. The maximum absolute atomic E-state index is 3.55. The normalized spacial score (nSPS) is 12.8. The van der Waals surface area contributed by atoms with Crippen LogP contribution in [0.15, 0.2) is 0 Å². The molecule has 0 atom stereocenters. The molecule has 2 nitrogen and oxygen atoms in total. The zero-order valence-corrected chi connectivity index (χ0v) is 12.3. The van der Waals surface area contributed by atoms with E-state index in [1.807, 2.05) is 0 Å². The van der Waals surface area contributed by atoms with Gasteiger partial charge >= 0.3 is 0 Å². The van der Waals surface area contributed by atoms with E-state index >= 15 is 0 Å². The Kier molecular flexibility index (Phi) is 8.04. The molecule has 0 aromatic rings. The molecule has 0 amide bonds. The van der Waals surface area contributed by atoms with E-state index in [1.54, 1.807) is 0 Å². The number of nitrogens with one attached hydrogen (secondary N) is 1. The number of hydrogen-bond donors (Lipinski definition) is 1. The minimum atomic E-state index is 0.233. The van der Waals surface area contributed by atoms with Crippen molar-refractivity contribution in [2.75, 3.05) is 26.2 Å². The summed E-state index contributed by atoms with van der Waals surface area (Å²) in [6, 6.07) is 0. The second-order valence-electron chi connectivity index (χ2n) is 5.42. The summed E-state index contributed by atoms with van der Waals surface area (Å²) in [4.78, 5) is 2.58. The molecule has 0 rings (SSSR count). The van der Waals surface area contributed by atoms with Gasteiger partial charge < -0.3 is 10.2 Å². The summed E-state index contributed by atoms with van der Waals surface area (Å²) in [5.41, 5.74) is 0.233. The Labute approximate surface area is 103 Å². The van der Waals surface area contributed by atoms with Gasteiger partial charge in [0, 0.05) is 18.6 Å². The van der Waals surface area contributed by atoms with Crippen LogP contribution in [0.4, 0.5) is 0 Å². The van der Waals surface area contributed by atoms with Crippen molar-refractivity contribution in [3.8, 4) is 0 Å². The van der Waals surface area contributed by atoms with Gasteiger partial charge in [-0.2, -0.15) is 0 Å². The van der Waals surface area contributed by atoms with Crippen LogP contribution in [0.2, 0.25) is 0 Å². The molecule has 0 saturated carbocycles. The predicted octanol–water partition coefficient (Wildman–Crippen LogP) is 3.13. The Balaban J connectivity index is 4.17. The van der Waals surface area contributed by atoms with Gasteiger partial charge in [0.15, 0.2) is 0 Å². The van der Waals surface area contributed by atoms with Crippen LogP contribution in [0.5, 0.6) is 0 Å². The van der Waals surface area contributed by atoms with Crippen molar-refractivity contribution in [3.63, 3.8) is 0 Å². The first-order valence-electron chi connectivity index (χ1n) is 6.96. The summed E-state index contributed by atoms with van der Waals surface area (Å²) >= 11 is 0. The molecule has 0 aromatic heterocycles. The van der Waals surface area contributed by atoms with Crippen LogP contribution >= 0.6 is 0 Å². The van der Waals surface area contributed by atoms with E-state index in [2.05, 4.69) is 51.8 Å². The van der Waals surface area contributed by atoms with E-state index in [1.165, 1.54) is 19.4 Å². The van der Waals surface area contributed by atoms with Gasteiger partial charge in [-0.15, -0.1) is 0 Å². The summed E-state index contributed by atoms with van der Waals surface area (Å²) in [5, 5.41) is 3.55. The second-order valence-corrected chi connectivity index (χ2v) is 5.42. The number of nitrogens with zero attached hydrogens (tertiary/aromatic N) is 1. The fourth-order valence-electron chi connectivity index (χ4n) is 2.31. The number of rotatable bonds is 9. The Hall–Kier alpha value is -0.0800. The highest BCUT2D eigenvalue weighted by molar-refractivity contribution is 4.81. The van der Waals surface area contributed by atoms with Crippen molar-refractivity contribution in [2.45, 2.75) is 59.9 Å². The average molecular weight is 228 g/mol. The average Bonchev–Trinajstić information content (AvgIpc) is 2.23. The molecule has 0 spiro atoms. The first-order valence-corrected chi connectivity index (χ1v) is 6.96. The van der Waals surface area contributed by atoms with Crippen molar-refractivity contribution in [1.29, 1.82) is 0 Å². The van der Waals surface area contributed by atoms with Gasteiger partial charge in [0.2, 0.25) is 0 Å². The van der Waals surface area contributed by atoms with Gasteiger partial charge in [-0.05, 0) is 32.9 Å². The second kappa shape index (κ2) is 8.08. The maximum atomic E-state index is 3.55. The van der Waals surface area contributed by atoms with Crippen molar-refractivity contribution in [3.05, 3.63) is 0 Å². The van der Waals surface area contributed by atoms with Gasteiger partial charge in [0.1, 0.15) is 0 Å². The molecule has 0 unspecified atom stereocenters. The van der Waals surface area contributed by atoms with E-state index in [-0.39, 0.29) is 5.54 Å². The van der Waals surface area contributed by atoms with Gasteiger partial charge in [-0.3, -0.25) is 0 Å². The molecule has 0 aromatic carbocycles. The molecular weight excluding hydrogens is 196 g/mol. The Morgan fingerprint density at radius 3 is 2.00 bits per heavy atom. The van der Waals surface area contributed by atoms with Crippen LogP contribution < -0.4 is 5.32 Å². The van der Waals surface area contributed by atoms with E-state index in [0.29, 0.717) is 0 Å². The number of likely N-dealkylation sites (N-methyl/N-ethyl adjacent to an activating group) is 2. The molecule has 0 aliphatic rings. The van der Waals surface area contributed by atoms with Gasteiger partial charge in [-0.1, -0.05) is 40.5 Å². The summed E-state index contributed by atoms with van der Waals surface area (Å²) in [5.74, 6) is 0.859. The third kappa shape index (κ3) is 6.49. The Bertz CT molecular complexity index is 162. The fourth-order valence-corrected chi connectivity index (χ4v) is 2.31. The summed E-state index contributed by atoms with van der Waals surface area (Å²) in [7, 11) is 0. The first kappa shape index (κ1) is 15.9.